The van der Waals surface area contributed by atoms with Crippen LogP contribution < -0.4 is 5.32 Å². The van der Waals surface area contributed by atoms with Gasteiger partial charge in [0, 0.05) is 49.0 Å². The van der Waals surface area contributed by atoms with Gasteiger partial charge in [0.25, 0.3) is 5.91 Å². The number of H-pyrrole nitrogens is 2. The lowest BCUT2D eigenvalue weighted by atomic mass is 9.90. The van der Waals surface area contributed by atoms with Crippen LogP contribution in [-0.2, 0) is 19.6 Å². The Morgan fingerprint density at radius 3 is 2.15 bits per heavy atom. The number of carbonyl (C=O) groups excluding carboxylic acids is 1. The van der Waals surface area contributed by atoms with Crippen molar-refractivity contribution in [3.63, 3.8) is 0 Å². The number of carbonyl (C=O) groups is 1. The SMILES string of the molecule is CCCN(C)[C@H]1CC[C@H](NCc2ccc(C(=O)N(Cc3ncc[nH]3)Cc3ncc[nH]3)cc2)CC1. The van der Waals surface area contributed by atoms with Gasteiger partial charge in [-0.05, 0) is 63.4 Å². The van der Waals surface area contributed by atoms with Crippen molar-refractivity contribution in [2.45, 2.75) is 70.7 Å². The molecule has 2 heterocycles. The molecule has 182 valence electrons. The molecule has 0 unspecified atom stereocenters. The Hall–Kier alpha value is -2.97. The highest BCUT2D eigenvalue weighted by atomic mass is 16.2. The number of hydrogen-bond acceptors (Lipinski definition) is 5. The van der Waals surface area contributed by atoms with E-state index in [9.17, 15) is 4.79 Å². The Bertz CT molecular complexity index is 941. The number of nitrogens with zero attached hydrogens (tertiary/aromatic N) is 4. The normalized spacial score (nSPS) is 18.3. The van der Waals surface area contributed by atoms with Crippen LogP contribution in [0.25, 0.3) is 0 Å². The smallest absolute Gasteiger partial charge is 0.254 e. The molecule has 0 spiro atoms. The van der Waals surface area contributed by atoms with Crippen LogP contribution in [0.1, 0.15) is 66.6 Å². The highest BCUT2D eigenvalue weighted by molar-refractivity contribution is 5.94. The maximum atomic E-state index is 13.3. The Kier molecular flexibility index (Phi) is 8.49. The van der Waals surface area contributed by atoms with Crippen LogP contribution in [0.3, 0.4) is 0 Å². The summed E-state index contributed by atoms with van der Waals surface area (Å²) in [7, 11) is 2.26. The molecule has 8 nitrogen and oxygen atoms in total. The monoisotopic (exact) mass is 463 g/mol. The minimum Gasteiger partial charge on any atom is -0.347 e. The summed E-state index contributed by atoms with van der Waals surface area (Å²) in [5.41, 5.74) is 1.87. The molecule has 3 N–H and O–H groups in total. The van der Waals surface area contributed by atoms with Crippen LogP contribution in [0.15, 0.2) is 49.1 Å². The number of rotatable bonds is 11. The fourth-order valence-corrected chi connectivity index (χ4v) is 4.80. The molecule has 34 heavy (non-hydrogen) atoms. The summed E-state index contributed by atoms with van der Waals surface area (Å²) in [6.45, 7) is 5.06. The first-order valence-electron chi connectivity index (χ1n) is 12.4. The lowest BCUT2D eigenvalue weighted by Gasteiger charge is -2.35. The summed E-state index contributed by atoms with van der Waals surface area (Å²) < 4.78 is 0. The van der Waals surface area contributed by atoms with Crippen LogP contribution in [0.5, 0.6) is 0 Å². The molecule has 1 amide bonds. The summed E-state index contributed by atoms with van der Waals surface area (Å²) in [6.07, 6.45) is 13.1. The van der Waals surface area contributed by atoms with Crippen LogP contribution in [0.2, 0.25) is 0 Å². The summed E-state index contributed by atoms with van der Waals surface area (Å²) in [5, 5.41) is 3.72. The van der Waals surface area contributed by atoms with E-state index in [-0.39, 0.29) is 5.91 Å². The Morgan fingerprint density at radius 2 is 1.62 bits per heavy atom. The van der Waals surface area contributed by atoms with E-state index in [1.54, 1.807) is 29.7 Å². The first-order valence-corrected chi connectivity index (χ1v) is 12.4. The lowest BCUT2D eigenvalue weighted by molar-refractivity contribution is 0.0721. The van der Waals surface area contributed by atoms with E-state index < -0.39 is 0 Å². The molecular weight excluding hydrogens is 426 g/mol. The summed E-state index contributed by atoms with van der Waals surface area (Å²) >= 11 is 0. The molecule has 0 atom stereocenters. The first kappa shape index (κ1) is 24.2. The molecule has 1 aliphatic rings. The highest BCUT2D eigenvalue weighted by Crippen LogP contribution is 2.23. The predicted octanol–water partition coefficient (Wildman–Crippen LogP) is 3.72. The van der Waals surface area contributed by atoms with E-state index in [0.717, 1.165) is 24.2 Å². The molecule has 8 heteroatoms. The molecule has 1 aliphatic carbocycles. The van der Waals surface area contributed by atoms with Gasteiger partial charge in [-0.3, -0.25) is 4.79 Å². The van der Waals surface area contributed by atoms with Crippen molar-refractivity contribution in [3.8, 4) is 0 Å². The molecule has 1 saturated carbocycles. The minimum atomic E-state index is -0.0400. The molecule has 1 aromatic carbocycles. The molecule has 4 rings (SSSR count). The van der Waals surface area contributed by atoms with E-state index >= 15 is 0 Å². The highest BCUT2D eigenvalue weighted by Gasteiger charge is 2.23. The van der Waals surface area contributed by atoms with E-state index in [0.29, 0.717) is 24.7 Å². The van der Waals surface area contributed by atoms with Gasteiger partial charge in [-0.25, -0.2) is 9.97 Å². The average molecular weight is 464 g/mol. The molecule has 3 aromatic rings. The predicted molar refractivity (Wildman–Crippen MR) is 133 cm³/mol. The van der Waals surface area contributed by atoms with Crippen molar-refractivity contribution in [1.82, 2.24) is 35.1 Å². The maximum absolute atomic E-state index is 13.3. The summed E-state index contributed by atoms with van der Waals surface area (Å²) in [5.74, 6) is 1.45. The van der Waals surface area contributed by atoms with Gasteiger partial charge in [0.05, 0.1) is 13.1 Å². The first-order chi connectivity index (χ1) is 16.6. The van der Waals surface area contributed by atoms with Gasteiger partial charge in [0.2, 0.25) is 0 Å². The quantitative estimate of drug-likeness (QED) is 0.403. The lowest BCUT2D eigenvalue weighted by Crippen LogP contribution is -2.40. The van der Waals surface area contributed by atoms with E-state index in [1.165, 1.54) is 44.2 Å². The second-order valence-electron chi connectivity index (χ2n) is 9.30. The zero-order valence-electron chi connectivity index (χ0n) is 20.3. The standard InChI is InChI=1S/C26H37N7O/c1-3-16-32(2)23-10-8-22(9-11-23)31-17-20-4-6-21(7-5-20)26(34)33(18-24-27-12-13-28-24)19-25-29-14-15-30-25/h4-7,12-15,22-23,31H,3,8-11,16-19H2,1-2H3,(H,27,28)(H,29,30)/t22-,23-. The van der Waals surface area contributed by atoms with Gasteiger partial charge in [0.15, 0.2) is 0 Å². The van der Waals surface area contributed by atoms with Crippen molar-refractivity contribution in [1.29, 1.82) is 0 Å². The zero-order valence-corrected chi connectivity index (χ0v) is 20.3. The van der Waals surface area contributed by atoms with Gasteiger partial charge in [0.1, 0.15) is 11.6 Å². The van der Waals surface area contributed by atoms with Crippen molar-refractivity contribution in [2.24, 2.45) is 0 Å². The van der Waals surface area contributed by atoms with Crippen LogP contribution in [0.4, 0.5) is 0 Å². The number of amides is 1. The topological polar surface area (TPSA) is 92.9 Å². The molecule has 1 fully saturated rings. The van der Waals surface area contributed by atoms with Gasteiger partial charge in [-0.1, -0.05) is 19.1 Å². The summed E-state index contributed by atoms with van der Waals surface area (Å²) in [4.78, 5) is 32.3. The number of aromatic nitrogens is 4. The third-order valence-corrected chi connectivity index (χ3v) is 6.77. The van der Waals surface area contributed by atoms with Gasteiger partial charge >= 0.3 is 0 Å². The van der Waals surface area contributed by atoms with Gasteiger partial charge in [-0.15, -0.1) is 0 Å². The summed E-state index contributed by atoms with van der Waals surface area (Å²) in [6, 6.07) is 9.26. The molecular formula is C26H37N7O. The van der Waals surface area contributed by atoms with Crippen LogP contribution in [-0.4, -0.2) is 61.3 Å². The third kappa shape index (κ3) is 6.55. The number of aromatic amines is 2. The number of hydrogen-bond donors (Lipinski definition) is 3. The second kappa shape index (κ2) is 11.9. The van der Waals surface area contributed by atoms with Gasteiger partial charge < -0.3 is 25.1 Å². The van der Waals surface area contributed by atoms with Crippen LogP contribution >= 0.6 is 0 Å². The van der Waals surface area contributed by atoms with Crippen molar-refractivity contribution >= 4 is 5.91 Å². The molecule has 0 aliphatic heterocycles. The van der Waals surface area contributed by atoms with Crippen molar-refractivity contribution < 1.29 is 4.79 Å². The molecule has 0 saturated heterocycles. The molecule has 0 radical (unpaired) electrons. The van der Waals surface area contributed by atoms with E-state index in [2.05, 4.69) is 56.3 Å². The van der Waals surface area contributed by atoms with E-state index in [1.807, 2.05) is 12.1 Å². The van der Waals surface area contributed by atoms with E-state index in [4.69, 9.17) is 0 Å². The largest absolute Gasteiger partial charge is 0.347 e. The van der Waals surface area contributed by atoms with Gasteiger partial charge in [-0.2, -0.15) is 0 Å². The number of nitrogens with one attached hydrogen (secondary N) is 3. The van der Waals surface area contributed by atoms with Crippen LogP contribution in [0, 0.1) is 0 Å². The van der Waals surface area contributed by atoms with Crippen molar-refractivity contribution in [2.75, 3.05) is 13.6 Å². The second-order valence-corrected chi connectivity index (χ2v) is 9.30. The zero-order chi connectivity index (χ0) is 23.8. The number of benzene rings is 1. The molecule has 2 aromatic heterocycles. The fraction of sp³-hybridized carbons (Fsp3) is 0.500. The minimum absolute atomic E-state index is 0.0400. The maximum Gasteiger partial charge on any atom is 0.254 e. The average Bonchev–Trinajstić information content (AvgIpc) is 3.57. The fourth-order valence-electron chi connectivity index (χ4n) is 4.80. The Balaban J connectivity index is 1.30. The third-order valence-electron chi connectivity index (χ3n) is 6.77. The number of imidazole rings is 2. The Morgan fingerprint density at radius 1 is 1.00 bits per heavy atom. The Labute approximate surface area is 202 Å². The molecule has 0 bridgehead atoms. The van der Waals surface area contributed by atoms with Crippen molar-refractivity contribution in [3.05, 3.63) is 71.8 Å².